The number of rotatable bonds is 7. The molecular weight excluding hydrogens is 412 g/mol. The van der Waals surface area contributed by atoms with Crippen molar-refractivity contribution in [1.82, 2.24) is 4.31 Å². The molecule has 0 aromatic heterocycles. The normalized spacial score (nSPS) is 17.4. The van der Waals surface area contributed by atoms with Crippen LogP contribution in [-0.4, -0.2) is 37.8 Å². The molecule has 2 aromatic rings. The number of carbonyl (C=O) groups excluding carboxylic acids is 1. The van der Waals surface area contributed by atoms with Crippen molar-refractivity contribution in [2.75, 3.05) is 18.5 Å². The molecule has 1 fully saturated rings. The summed E-state index contributed by atoms with van der Waals surface area (Å²) in [6.07, 6.45) is 3.68. The minimum absolute atomic E-state index is 0.0592. The Bertz CT molecular complexity index is 1010. The van der Waals surface area contributed by atoms with Gasteiger partial charge in [-0.1, -0.05) is 31.0 Å². The van der Waals surface area contributed by atoms with Crippen LogP contribution < -0.4 is 10.1 Å². The van der Waals surface area contributed by atoms with Crippen LogP contribution >= 0.6 is 0 Å². The van der Waals surface area contributed by atoms with E-state index in [1.54, 1.807) is 28.6 Å². The first-order valence-electron chi connectivity index (χ1n) is 10.8. The monoisotopic (exact) mass is 444 g/mol. The van der Waals surface area contributed by atoms with Crippen LogP contribution in [0.5, 0.6) is 5.75 Å². The molecule has 1 aliphatic heterocycles. The molecule has 1 aliphatic rings. The topological polar surface area (TPSA) is 75.7 Å². The van der Waals surface area contributed by atoms with Crippen LogP contribution in [0.3, 0.4) is 0 Å². The Labute approximate surface area is 185 Å². The van der Waals surface area contributed by atoms with Crippen molar-refractivity contribution in [2.24, 2.45) is 0 Å². The molecule has 0 saturated carbocycles. The fourth-order valence-electron chi connectivity index (χ4n) is 4.27. The minimum Gasteiger partial charge on any atom is -0.483 e. The highest BCUT2D eigenvalue weighted by Crippen LogP contribution is 2.28. The number of amides is 1. The first-order valence-corrected chi connectivity index (χ1v) is 12.3. The van der Waals surface area contributed by atoms with E-state index in [2.05, 4.69) is 5.32 Å². The van der Waals surface area contributed by atoms with Gasteiger partial charge in [0.25, 0.3) is 5.91 Å². The molecule has 1 atom stereocenters. The predicted molar refractivity (Wildman–Crippen MR) is 123 cm³/mol. The van der Waals surface area contributed by atoms with Crippen molar-refractivity contribution in [2.45, 2.75) is 64.3 Å². The SMILES string of the molecule is CC[C@@H]1CCCCN1S(=O)(=O)c1ccc(NC(=O)COc2c(C)cc(C)cc2C)cc1. The minimum atomic E-state index is -3.53. The average Bonchev–Trinajstić information content (AvgIpc) is 2.73. The molecule has 31 heavy (non-hydrogen) atoms. The van der Waals surface area contributed by atoms with Crippen LogP contribution in [0, 0.1) is 20.8 Å². The smallest absolute Gasteiger partial charge is 0.262 e. The number of aryl methyl sites for hydroxylation is 3. The standard InChI is InChI=1S/C24H32N2O4S/c1-5-21-8-6-7-13-26(21)31(28,29)22-11-9-20(10-12-22)25-23(27)16-30-24-18(3)14-17(2)15-19(24)4/h9-12,14-15,21H,5-8,13,16H2,1-4H3,(H,25,27)/t21-/m1/s1. The van der Waals surface area contributed by atoms with Gasteiger partial charge >= 0.3 is 0 Å². The van der Waals surface area contributed by atoms with Crippen molar-refractivity contribution in [3.8, 4) is 5.75 Å². The summed E-state index contributed by atoms with van der Waals surface area (Å²) in [6.45, 7) is 8.41. The van der Waals surface area contributed by atoms with Gasteiger partial charge in [0.2, 0.25) is 10.0 Å². The Balaban J connectivity index is 1.63. The van der Waals surface area contributed by atoms with Gasteiger partial charge in [0, 0.05) is 18.3 Å². The second-order valence-electron chi connectivity index (χ2n) is 8.26. The molecule has 1 N–H and O–H groups in total. The second kappa shape index (κ2) is 9.83. The third-order valence-corrected chi connectivity index (χ3v) is 7.71. The molecule has 0 bridgehead atoms. The van der Waals surface area contributed by atoms with Gasteiger partial charge < -0.3 is 10.1 Å². The van der Waals surface area contributed by atoms with Crippen molar-refractivity contribution in [3.05, 3.63) is 53.1 Å². The van der Waals surface area contributed by atoms with Gasteiger partial charge in [-0.3, -0.25) is 4.79 Å². The van der Waals surface area contributed by atoms with E-state index in [9.17, 15) is 13.2 Å². The molecule has 0 unspecified atom stereocenters. The third kappa shape index (κ3) is 5.46. The first-order chi connectivity index (χ1) is 14.7. The highest BCUT2D eigenvalue weighted by Gasteiger charge is 2.32. The van der Waals surface area contributed by atoms with Crippen LogP contribution in [-0.2, 0) is 14.8 Å². The lowest BCUT2D eigenvalue weighted by Crippen LogP contribution is -2.43. The van der Waals surface area contributed by atoms with Gasteiger partial charge in [0.15, 0.2) is 6.61 Å². The lowest BCUT2D eigenvalue weighted by Gasteiger charge is -2.34. The summed E-state index contributed by atoms with van der Waals surface area (Å²) < 4.78 is 33.5. The number of anilines is 1. The molecule has 1 amide bonds. The van der Waals surface area contributed by atoms with E-state index < -0.39 is 10.0 Å². The van der Waals surface area contributed by atoms with Crippen molar-refractivity contribution >= 4 is 21.6 Å². The van der Waals surface area contributed by atoms with Crippen molar-refractivity contribution < 1.29 is 17.9 Å². The number of benzene rings is 2. The molecular formula is C24H32N2O4S. The van der Waals surface area contributed by atoms with Crippen LogP contribution in [0.15, 0.2) is 41.3 Å². The van der Waals surface area contributed by atoms with E-state index >= 15 is 0 Å². The maximum absolute atomic E-state index is 13.1. The van der Waals surface area contributed by atoms with Crippen LogP contribution in [0.4, 0.5) is 5.69 Å². The summed E-state index contributed by atoms with van der Waals surface area (Å²) in [5.41, 5.74) is 3.66. The van der Waals surface area contributed by atoms with Gasteiger partial charge in [-0.25, -0.2) is 8.42 Å². The Morgan fingerprint density at radius 3 is 2.35 bits per heavy atom. The Morgan fingerprint density at radius 2 is 1.74 bits per heavy atom. The maximum atomic E-state index is 13.1. The first kappa shape index (κ1) is 23.3. The molecule has 0 spiro atoms. The van der Waals surface area contributed by atoms with E-state index in [-0.39, 0.29) is 23.5 Å². The zero-order valence-electron chi connectivity index (χ0n) is 18.8. The molecule has 0 radical (unpaired) electrons. The quantitative estimate of drug-likeness (QED) is 0.678. The van der Waals surface area contributed by atoms with Gasteiger partial charge in [-0.2, -0.15) is 4.31 Å². The van der Waals surface area contributed by atoms with Gasteiger partial charge in [0.05, 0.1) is 4.90 Å². The Morgan fingerprint density at radius 1 is 1.10 bits per heavy atom. The number of nitrogens with one attached hydrogen (secondary N) is 1. The van der Waals surface area contributed by atoms with Crippen LogP contribution in [0.2, 0.25) is 0 Å². The van der Waals surface area contributed by atoms with Crippen LogP contribution in [0.1, 0.15) is 49.3 Å². The molecule has 7 heteroatoms. The van der Waals surface area contributed by atoms with E-state index in [1.807, 2.05) is 39.8 Å². The van der Waals surface area contributed by atoms with Gasteiger partial charge in [-0.15, -0.1) is 0 Å². The van der Waals surface area contributed by atoms with Crippen molar-refractivity contribution in [1.29, 1.82) is 0 Å². The zero-order valence-corrected chi connectivity index (χ0v) is 19.6. The summed E-state index contributed by atoms with van der Waals surface area (Å²) in [5, 5.41) is 2.77. The molecule has 1 saturated heterocycles. The highest BCUT2D eigenvalue weighted by atomic mass is 32.2. The van der Waals surface area contributed by atoms with Crippen molar-refractivity contribution in [3.63, 3.8) is 0 Å². The lowest BCUT2D eigenvalue weighted by molar-refractivity contribution is -0.118. The molecule has 168 valence electrons. The number of carbonyl (C=O) groups is 1. The van der Waals surface area contributed by atoms with E-state index in [0.717, 1.165) is 42.4 Å². The number of sulfonamides is 1. The zero-order chi connectivity index (χ0) is 22.6. The molecule has 1 heterocycles. The molecule has 2 aromatic carbocycles. The summed E-state index contributed by atoms with van der Waals surface area (Å²) in [7, 11) is -3.53. The second-order valence-corrected chi connectivity index (χ2v) is 10.2. The Kier molecular flexibility index (Phi) is 7.38. The third-order valence-electron chi connectivity index (χ3n) is 5.74. The molecule has 6 nitrogen and oxygen atoms in total. The summed E-state index contributed by atoms with van der Waals surface area (Å²) in [5.74, 6) is 0.422. The fourth-order valence-corrected chi connectivity index (χ4v) is 6.04. The molecule has 3 rings (SSSR count). The number of hydrogen-bond donors (Lipinski definition) is 1. The summed E-state index contributed by atoms with van der Waals surface area (Å²) in [4.78, 5) is 12.6. The van der Waals surface area contributed by atoms with E-state index in [0.29, 0.717) is 18.0 Å². The van der Waals surface area contributed by atoms with Crippen LogP contribution in [0.25, 0.3) is 0 Å². The predicted octanol–water partition coefficient (Wildman–Crippen LogP) is 4.58. The van der Waals surface area contributed by atoms with E-state index in [1.165, 1.54) is 0 Å². The summed E-state index contributed by atoms with van der Waals surface area (Å²) >= 11 is 0. The summed E-state index contributed by atoms with van der Waals surface area (Å²) in [6, 6.07) is 10.5. The highest BCUT2D eigenvalue weighted by molar-refractivity contribution is 7.89. The Hall–Kier alpha value is -2.38. The van der Waals surface area contributed by atoms with E-state index in [4.69, 9.17) is 4.74 Å². The largest absolute Gasteiger partial charge is 0.483 e. The number of ether oxygens (including phenoxy) is 1. The maximum Gasteiger partial charge on any atom is 0.262 e. The van der Waals surface area contributed by atoms with Gasteiger partial charge in [-0.05, 0) is 75.4 Å². The van der Waals surface area contributed by atoms with Gasteiger partial charge in [0.1, 0.15) is 5.75 Å². The number of nitrogens with zero attached hydrogens (tertiary/aromatic N) is 1. The molecule has 0 aliphatic carbocycles. The average molecular weight is 445 g/mol. The fraction of sp³-hybridized carbons (Fsp3) is 0.458. The lowest BCUT2D eigenvalue weighted by atomic mass is 10.0. The number of hydrogen-bond acceptors (Lipinski definition) is 4. The number of piperidine rings is 1.